The van der Waals surface area contributed by atoms with Gasteiger partial charge in [-0.15, -0.1) is 11.3 Å². The maximum atomic E-state index is 12.3. The number of carbonyl (C=O) groups excluding carboxylic acids is 1. The SMILES string of the molecule is COc1ccc(-c2nc(C[S@@](=O)CC(=O)NC3CCCCC3)cs2)cc1. The molecule has 1 heterocycles. The fourth-order valence-electron chi connectivity index (χ4n) is 3.12. The van der Waals surface area contributed by atoms with Crippen molar-refractivity contribution in [1.29, 1.82) is 0 Å². The van der Waals surface area contributed by atoms with E-state index in [0.717, 1.165) is 34.9 Å². The highest BCUT2D eigenvalue weighted by Gasteiger charge is 2.17. The fraction of sp³-hybridized carbons (Fsp3) is 0.474. The number of benzene rings is 1. The Bertz CT molecular complexity index is 752. The van der Waals surface area contributed by atoms with Crippen LogP contribution in [0.3, 0.4) is 0 Å². The summed E-state index contributed by atoms with van der Waals surface area (Å²) < 4.78 is 17.5. The first-order valence-corrected chi connectivity index (χ1v) is 11.2. The third kappa shape index (κ3) is 5.38. The number of aromatic nitrogens is 1. The van der Waals surface area contributed by atoms with E-state index in [-0.39, 0.29) is 17.7 Å². The summed E-state index contributed by atoms with van der Waals surface area (Å²) in [6.07, 6.45) is 5.66. The van der Waals surface area contributed by atoms with Crippen LogP contribution in [0.1, 0.15) is 37.8 Å². The largest absolute Gasteiger partial charge is 0.497 e. The Morgan fingerprint density at radius 3 is 2.69 bits per heavy atom. The molecule has 0 saturated heterocycles. The summed E-state index contributed by atoms with van der Waals surface area (Å²) in [7, 11) is 0.394. The van der Waals surface area contributed by atoms with Gasteiger partial charge in [0.2, 0.25) is 5.91 Å². The Morgan fingerprint density at radius 2 is 2.00 bits per heavy atom. The minimum Gasteiger partial charge on any atom is -0.497 e. The standard InChI is InChI=1S/C19H24N2O3S2/c1-24-17-9-7-14(8-10-17)19-21-16(11-25-19)12-26(23)13-18(22)20-15-5-3-2-4-6-15/h7-11,15H,2-6,12-13H2,1H3,(H,20,22)/t26-/m1/s1. The average Bonchev–Trinajstić information content (AvgIpc) is 3.10. The smallest absolute Gasteiger partial charge is 0.232 e. The van der Waals surface area contributed by atoms with E-state index in [0.29, 0.717) is 5.75 Å². The van der Waals surface area contributed by atoms with Crippen molar-refractivity contribution >= 4 is 28.0 Å². The predicted octanol–water partition coefficient (Wildman–Crippen LogP) is 3.52. The zero-order chi connectivity index (χ0) is 18.4. The molecule has 0 radical (unpaired) electrons. The molecule has 0 aliphatic heterocycles. The van der Waals surface area contributed by atoms with Crippen LogP contribution in [-0.2, 0) is 21.3 Å². The van der Waals surface area contributed by atoms with Gasteiger partial charge in [0.1, 0.15) is 16.5 Å². The lowest BCUT2D eigenvalue weighted by Crippen LogP contribution is -2.38. The average molecular weight is 393 g/mol. The summed E-state index contributed by atoms with van der Waals surface area (Å²) in [4.78, 5) is 16.6. The lowest BCUT2D eigenvalue weighted by Gasteiger charge is -2.22. The van der Waals surface area contributed by atoms with Crippen LogP contribution in [-0.4, -0.2) is 34.0 Å². The highest BCUT2D eigenvalue weighted by Crippen LogP contribution is 2.26. The zero-order valence-corrected chi connectivity index (χ0v) is 16.5. The molecule has 5 nitrogen and oxygen atoms in total. The molecule has 2 aromatic rings. The van der Waals surface area contributed by atoms with Gasteiger partial charge >= 0.3 is 0 Å². The van der Waals surface area contributed by atoms with Crippen LogP contribution in [0.15, 0.2) is 29.6 Å². The first-order valence-electron chi connectivity index (χ1n) is 8.87. The number of thiazole rings is 1. The molecule has 1 amide bonds. The summed E-state index contributed by atoms with van der Waals surface area (Å²) >= 11 is 1.52. The van der Waals surface area contributed by atoms with E-state index in [2.05, 4.69) is 10.3 Å². The summed E-state index contributed by atoms with van der Waals surface area (Å²) in [5.41, 5.74) is 1.77. The molecule has 1 atom stereocenters. The van der Waals surface area contributed by atoms with Crippen molar-refractivity contribution in [1.82, 2.24) is 10.3 Å². The van der Waals surface area contributed by atoms with Gasteiger partial charge in [0.25, 0.3) is 0 Å². The second-order valence-corrected chi connectivity index (χ2v) is 8.82. The first kappa shape index (κ1) is 19.0. The van der Waals surface area contributed by atoms with Crippen molar-refractivity contribution in [2.45, 2.75) is 43.9 Å². The fourth-order valence-corrected chi connectivity index (χ4v) is 5.00. The Balaban J connectivity index is 1.51. The summed E-state index contributed by atoms with van der Waals surface area (Å²) in [6.45, 7) is 0. The number of nitrogens with zero attached hydrogens (tertiary/aromatic N) is 1. The van der Waals surface area contributed by atoms with E-state index in [4.69, 9.17) is 4.74 Å². The van der Waals surface area contributed by atoms with Crippen LogP contribution < -0.4 is 10.1 Å². The molecule has 7 heteroatoms. The van der Waals surface area contributed by atoms with Gasteiger partial charge in [-0.05, 0) is 37.1 Å². The molecule has 3 rings (SSSR count). The van der Waals surface area contributed by atoms with Gasteiger partial charge in [-0.25, -0.2) is 4.98 Å². The number of rotatable bonds is 7. The van der Waals surface area contributed by atoms with Crippen molar-refractivity contribution in [3.63, 3.8) is 0 Å². The minimum absolute atomic E-state index is 0.0475. The van der Waals surface area contributed by atoms with Gasteiger partial charge in [0, 0.05) is 27.8 Å². The Labute approximate surface area is 160 Å². The van der Waals surface area contributed by atoms with Gasteiger partial charge in [0.05, 0.1) is 18.6 Å². The van der Waals surface area contributed by atoms with Gasteiger partial charge in [0.15, 0.2) is 0 Å². The molecule has 140 valence electrons. The zero-order valence-electron chi connectivity index (χ0n) is 14.9. The van der Waals surface area contributed by atoms with E-state index in [1.54, 1.807) is 7.11 Å². The molecule has 0 unspecified atom stereocenters. The van der Waals surface area contributed by atoms with Gasteiger partial charge in [-0.2, -0.15) is 0 Å². The molecule has 1 fully saturated rings. The third-order valence-electron chi connectivity index (χ3n) is 4.46. The molecule has 1 aliphatic rings. The van der Waals surface area contributed by atoms with E-state index < -0.39 is 10.8 Å². The molecular weight excluding hydrogens is 368 g/mol. The van der Waals surface area contributed by atoms with Crippen LogP contribution in [0.2, 0.25) is 0 Å². The lowest BCUT2D eigenvalue weighted by atomic mass is 9.95. The van der Waals surface area contributed by atoms with Crippen LogP contribution in [0.4, 0.5) is 0 Å². The van der Waals surface area contributed by atoms with E-state index in [1.807, 2.05) is 29.6 Å². The molecule has 1 aromatic carbocycles. The Kier molecular flexibility index (Phi) is 6.80. The highest BCUT2D eigenvalue weighted by molar-refractivity contribution is 7.84. The number of ether oxygens (including phenoxy) is 1. The van der Waals surface area contributed by atoms with Gasteiger partial charge < -0.3 is 10.1 Å². The first-order chi connectivity index (χ1) is 12.6. The van der Waals surface area contributed by atoms with Crippen molar-refractivity contribution in [3.8, 4) is 16.3 Å². The van der Waals surface area contributed by atoms with Gasteiger partial charge in [-0.3, -0.25) is 9.00 Å². The highest BCUT2D eigenvalue weighted by atomic mass is 32.2. The van der Waals surface area contributed by atoms with E-state index >= 15 is 0 Å². The molecule has 1 saturated carbocycles. The molecular formula is C19H24N2O3S2. The Hall–Kier alpha value is -1.73. The van der Waals surface area contributed by atoms with Crippen molar-refractivity contribution in [2.75, 3.05) is 12.9 Å². The second kappa shape index (κ2) is 9.28. The number of carbonyl (C=O) groups is 1. The van der Waals surface area contributed by atoms with Crippen LogP contribution in [0, 0.1) is 0 Å². The van der Waals surface area contributed by atoms with Crippen molar-refractivity contribution < 1.29 is 13.7 Å². The summed E-state index contributed by atoms with van der Waals surface area (Å²) in [5, 5.41) is 5.81. The van der Waals surface area contributed by atoms with E-state index in [1.165, 1.54) is 30.6 Å². The van der Waals surface area contributed by atoms with Crippen LogP contribution in [0.5, 0.6) is 5.75 Å². The maximum absolute atomic E-state index is 12.3. The van der Waals surface area contributed by atoms with Crippen LogP contribution in [0.25, 0.3) is 10.6 Å². The molecule has 1 aliphatic carbocycles. The van der Waals surface area contributed by atoms with Gasteiger partial charge in [-0.1, -0.05) is 19.3 Å². The predicted molar refractivity (Wildman–Crippen MR) is 106 cm³/mol. The number of amides is 1. The number of nitrogens with one attached hydrogen (secondary N) is 1. The summed E-state index contributed by atoms with van der Waals surface area (Å²) in [5.74, 6) is 1.05. The number of hydrogen-bond acceptors (Lipinski definition) is 5. The molecule has 0 bridgehead atoms. The third-order valence-corrected chi connectivity index (χ3v) is 6.60. The molecule has 1 N–H and O–H groups in total. The maximum Gasteiger partial charge on any atom is 0.232 e. The normalized spacial score (nSPS) is 16.2. The monoisotopic (exact) mass is 392 g/mol. The second-order valence-electron chi connectivity index (χ2n) is 6.50. The number of hydrogen-bond donors (Lipinski definition) is 1. The van der Waals surface area contributed by atoms with Crippen molar-refractivity contribution in [2.24, 2.45) is 0 Å². The topological polar surface area (TPSA) is 68.3 Å². The molecule has 26 heavy (non-hydrogen) atoms. The lowest BCUT2D eigenvalue weighted by molar-refractivity contribution is -0.119. The summed E-state index contributed by atoms with van der Waals surface area (Å²) in [6, 6.07) is 7.95. The molecule has 0 spiro atoms. The van der Waals surface area contributed by atoms with Crippen molar-refractivity contribution in [3.05, 3.63) is 35.3 Å². The quantitative estimate of drug-likeness (QED) is 0.783. The minimum atomic E-state index is -1.24. The van der Waals surface area contributed by atoms with E-state index in [9.17, 15) is 9.00 Å². The molecule has 1 aromatic heterocycles. The Morgan fingerprint density at radius 1 is 1.27 bits per heavy atom. The van der Waals surface area contributed by atoms with Crippen LogP contribution >= 0.6 is 11.3 Å². The number of methoxy groups -OCH3 is 1.